The van der Waals surface area contributed by atoms with E-state index in [1.807, 2.05) is 11.0 Å². The van der Waals surface area contributed by atoms with Crippen molar-refractivity contribution >= 4 is 29.8 Å². The van der Waals surface area contributed by atoms with Gasteiger partial charge in [0.25, 0.3) is 0 Å². The SMILES string of the molecule is COc1ccc2c(c1)CCCN(CCCCCC(=O)c1cc3c4c(c1)CCN4C(=O)CC3)C2.Cl. The molecule has 0 saturated carbocycles. The lowest BCUT2D eigenvalue weighted by Crippen LogP contribution is -2.32. The summed E-state index contributed by atoms with van der Waals surface area (Å²) in [5.74, 6) is 1.43. The lowest BCUT2D eigenvalue weighted by molar-refractivity contribution is -0.118. The smallest absolute Gasteiger partial charge is 0.227 e. The quantitative estimate of drug-likeness (QED) is 0.386. The first kappa shape index (κ1) is 24.7. The van der Waals surface area contributed by atoms with Crippen molar-refractivity contribution in [3.8, 4) is 5.75 Å². The van der Waals surface area contributed by atoms with E-state index in [4.69, 9.17) is 4.74 Å². The number of rotatable bonds is 8. The van der Waals surface area contributed by atoms with E-state index >= 15 is 0 Å². The lowest BCUT2D eigenvalue weighted by Gasteiger charge is -2.25. The molecule has 3 heterocycles. The number of ketones is 1. The zero-order valence-corrected chi connectivity index (χ0v) is 20.9. The van der Waals surface area contributed by atoms with E-state index in [2.05, 4.69) is 29.2 Å². The largest absolute Gasteiger partial charge is 0.497 e. The highest BCUT2D eigenvalue weighted by Crippen LogP contribution is 2.37. The van der Waals surface area contributed by atoms with E-state index in [0.717, 1.165) is 81.7 Å². The molecule has 0 saturated heterocycles. The van der Waals surface area contributed by atoms with Crippen molar-refractivity contribution < 1.29 is 14.3 Å². The van der Waals surface area contributed by atoms with Crippen molar-refractivity contribution in [2.75, 3.05) is 31.6 Å². The molecule has 0 N–H and O–H groups in total. The standard InChI is InChI=1S/C28H34N2O3.ClH/c1-33-25-10-8-23-19-29(14-5-6-20(23)18-25)13-4-2-3-7-26(31)24-16-21-9-11-27(32)30-15-12-22(17-24)28(21)30;/h8,10,16-18H,2-7,9,11-15,19H2,1H3;1H. The molecular formula is C28H35ClN2O3. The summed E-state index contributed by atoms with van der Waals surface area (Å²) in [6.07, 6.45) is 8.28. The number of nitrogens with zero attached hydrogens (tertiary/aromatic N) is 2. The van der Waals surface area contributed by atoms with Gasteiger partial charge in [0.15, 0.2) is 5.78 Å². The molecule has 0 spiro atoms. The van der Waals surface area contributed by atoms with Gasteiger partial charge in [-0.05, 0) is 98.1 Å². The van der Waals surface area contributed by atoms with E-state index in [1.54, 1.807) is 7.11 Å². The highest BCUT2D eigenvalue weighted by atomic mass is 35.5. The summed E-state index contributed by atoms with van der Waals surface area (Å²) in [7, 11) is 1.73. The molecule has 34 heavy (non-hydrogen) atoms. The Kier molecular flexibility index (Phi) is 7.95. The molecule has 0 radical (unpaired) electrons. The fraction of sp³-hybridized carbons (Fsp3) is 0.500. The number of amides is 1. The van der Waals surface area contributed by atoms with Gasteiger partial charge in [-0.3, -0.25) is 14.5 Å². The zero-order valence-electron chi connectivity index (χ0n) is 20.1. The van der Waals surface area contributed by atoms with Crippen molar-refractivity contribution in [1.82, 2.24) is 4.90 Å². The summed E-state index contributed by atoms with van der Waals surface area (Å²) < 4.78 is 5.38. The first-order valence-electron chi connectivity index (χ1n) is 12.5. The highest BCUT2D eigenvalue weighted by Gasteiger charge is 2.31. The van der Waals surface area contributed by atoms with Gasteiger partial charge in [-0.25, -0.2) is 0 Å². The van der Waals surface area contributed by atoms with Crippen LogP contribution in [0.4, 0.5) is 5.69 Å². The number of fused-ring (bicyclic) bond motifs is 1. The molecule has 5 nitrogen and oxygen atoms in total. The minimum atomic E-state index is 0. The Hall–Kier alpha value is -2.37. The molecule has 6 heteroatoms. The third kappa shape index (κ3) is 5.16. The Morgan fingerprint density at radius 2 is 1.74 bits per heavy atom. The third-order valence-electron chi connectivity index (χ3n) is 7.48. The predicted molar refractivity (Wildman–Crippen MR) is 137 cm³/mol. The molecule has 182 valence electrons. The maximum atomic E-state index is 12.9. The normalized spacial score (nSPS) is 17.0. The van der Waals surface area contributed by atoms with Gasteiger partial charge in [0.1, 0.15) is 5.75 Å². The average Bonchev–Trinajstić information content (AvgIpc) is 3.16. The van der Waals surface area contributed by atoms with Crippen LogP contribution in [0, 0.1) is 0 Å². The number of carbonyl (C=O) groups is 2. The van der Waals surface area contributed by atoms with Crippen molar-refractivity contribution in [3.05, 3.63) is 58.1 Å². The van der Waals surface area contributed by atoms with E-state index < -0.39 is 0 Å². The second-order valence-corrected chi connectivity index (χ2v) is 9.69. The molecule has 0 unspecified atom stereocenters. The molecule has 0 aromatic heterocycles. The average molecular weight is 483 g/mol. The number of carbonyl (C=O) groups excluding carboxylic acids is 2. The molecule has 1 amide bonds. The Labute approximate surface area is 208 Å². The van der Waals surface area contributed by atoms with Crippen molar-refractivity contribution in [1.29, 1.82) is 0 Å². The van der Waals surface area contributed by atoms with Crippen molar-refractivity contribution in [2.24, 2.45) is 0 Å². The monoisotopic (exact) mass is 482 g/mol. The highest BCUT2D eigenvalue weighted by molar-refractivity contribution is 6.02. The number of aryl methyl sites for hydroxylation is 2. The number of ether oxygens (including phenoxy) is 1. The van der Waals surface area contributed by atoms with Gasteiger partial charge in [0, 0.05) is 31.5 Å². The first-order chi connectivity index (χ1) is 16.1. The number of benzene rings is 2. The minimum absolute atomic E-state index is 0. The Morgan fingerprint density at radius 1 is 0.912 bits per heavy atom. The zero-order chi connectivity index (χ0) is 22.8. The Balaban J connectivity index is 0.00000274. The van der Waals surface area contributed by atoms with Gasteiger partial charge in [-0.15, -0.1) is 12.4 Å². The second kappa shape index (κ2) is 10.9. The molecule has 0 fully saturated rings. The van der Waals surface area contributed by atoms with Crippen LogP contribution in [0.15, 0.2) is 30.3 Å². The van der Waals surface area contributed by atoms with E-state index in [-0.39, 0.29) is 24.1 Å². The van der Waals surface area contributed by atoms with Crippen LogP contribution < -0.4 is 9.64 Å². The first-order valence-corrected chi connectivity index (χ1v) is 12.5. The topological polar surface area (TPSA) is 49.9 Å². The summed E-state index contributed by atoms with van der Waals surface area (Å²) >= 11 is 0. The van der Waals surface area contributed by atoms with Crippen molar-refractivity contribution in [3.63, 3.8) is 0 Å². The molecule has 3 aliphatic rings. The van der Waals surface area contributed by atoms with Crippen LogP contribution in [0.2, 0.25) is 0 Å². The summed E-state index contributed by atoms with van der Waals surface area (Å²) in [6, 6.07) is 10.6. The molecule has 0 bridgehead atoms. The molecule has 5 rings (SSSR count). The number of hydrogen-bond donors (Lipinski definition) is 0. The van der Waals surface area contributed by atoms with Gasteiger partial charge in [-0.2, -0.15) is 0 Å². The molecule has 3 aliphatic heterocycles. The summed E-state index contributed by atoms with van der Waals surface area (Å²) in [5.41, 5.74) is 7.15. The number of hydrogen-bond acceptors (Lipinski definition) is 4. The summed E-state index contributed by atoms with van der Waals surface area (Å²) in [4.78, 5) is 29.5. The van der Waals surface area contributed by atoms with E-state index in [0.29, 0.717) is 12.8 Å². The number of methoxy groups -OCH3 is 1. The van der Waals surface area contributed by atoms with Gasteiger partial charge in [-0.1, -0.05) is 12.5 Å². The lowest BCUT2D eigenvalue weighted by atomic mass is 9.94. The Morgan fingerprint density at radius 3 is 2.56 bits per heavy atom. The summed E-state index contributed by atoms with van der Waals surface area (Å²) in [6.45, 7) is 4.00. The van der Waals surface area contributed by atoms with Gasteiger partial charge >= 0.3 is 0 Å². The van der Waals surface area contributed by atoms with Gasteiger partial charge < -0.3 is 9.64 Å². The minimum Gasteiger partial charge on any atom is -0.497 e. The van der Waals surface area contributed by atoms with Crippen LogP contribution in [-0.4, -0.2) is 43.3 Å². The van der Waals surface area contributed by atoms with Crippen LogP contribution >= 0.6 is 12.4 Å². The molecular weight excluding hydrogens is 448 g/mol. The predicted octanol–water partition coefficient (Wildman–Crippen LogP) is 5.14. The fourth-order valence-corrected chi connectivity index (χ4v) is 5.68. The maximum absolute atomic E-state index is 12.9. The van der Waals surface area contributed by atoms with Crippen LogP contribution in [0.5, 0.6) is 5.75 Å². The maximum Gasteiger partial charge on any atom is 0.227 e. The van der Waals surface area contributed by atoms with Crippen LogP contribution in [0.1, 0.15) is 71.1 Å². The molecule has 0 aliphatic carbocycles. The number of halogens is 1. The second-order valence-electron chi connectivity index (χ2n) is 9.69. The van der Waals surface area contributed by atoms with E-state index in [1.165, 1.54) is 28.7 Å². The Bertz CT molecular complexity index is 1070. The van der Waals surface area contributed by atoms with Gasteiger partial charge in [0.05, 0.1) is 12.8 Å². The number of unbranched alkanes of at least 4 members (excludes halogenated alkanes) is 2. The van der Waals surface area contributed by atoms with Crippen LogP contribution in [0.3, 0.4) is 0 Å². The summed E-state index contributed by atoms with van der Waals surface area (Å²) in [5, 5.41) is 0. The number of Topliss-reactive ketones (excluding diaryl/α,β-unsaturated/α-hetero) is 1. The van der Waals surface area contributed by atoms with E-state index in [9.17, 15) is 9.59 Å². The van der Waals surface area contributed by atoms with Crippen LogP contribution in [0.25, 0.3) is 0 Å². The molecule has 2 aromatic rings. The van der Waals surface area contributed by atoms with Crippen molar-refractivity contribution in [2.45, 2.75) is 64.3 Å². The van der Waals surface area contributed by atoms with Gasteiger partial charge in [0.2, 0.25) is 5.91 Å². The molecule has 0 atom stereocenters. The third-order valence-corrected chi connectivity index (χ3v) is 7.48. The fourth-order valence-electron chi connectivity index (χ4n) is 5.68. The number of anilines is 1. The van der Waals surface area contributed by atoms with Crippen LogP contribution in [-0.2, 0) is 30.6 Å². The molecule has 2 aromatic carbocycles.